The zero-order valence-electron chi connectivity index (χ0n) is 10.2. The van der Waals surface area contributed by atoms with Crippen LogP contribution in [0.5, 0.6) is 0 Å². The summed E-state index contributed by atoms with van der Waals surface area (Å²) in [6, 6.07) is 0. The van der Waals surface area contributed by atoms with E-state index in [2.05, 4.69) is 10.3 Å². The molecule has 1 aliphatic carbocycles. The van der Waals surface area contributed by atoms with Gasteiger partial charge in [-0.3, -0.25) is 0 Å². The van der Waals surface area contributed by atoms with Gasteiger partial charge in [-0.05, 0) is 25.8 Å². The Hall–Kier alpha value is -0.490. The fraction of sp³-hybridized carbons (Fsp3) is 0.750. The largest absolute Gasteiger partial charge is 0.391 e. The summed E-state index contributed by atoms with van der Waals surface area (Å²) in [5.41, 5.74) is 0. The average Bonchev–Trinajstić information content (AvgIpc) is 3.06. The third-order valence-corrected chi connectivity index (χ3v) is 3.97. The zero-order valence-corrected chi connectivity index (χ0v) is 11.0. The lowest BCUT2D eigenvalue weighted by molar-refractivity contribution is 0.0594. The maximum Gasteiger partial charge on any atom is 0.0959 e. The van der Waals surface area contributed by atoms with Crippen molar-refractivity contribution in [2.75, 3.05) is 20.3 Å². The molecule has 1 atom stereocenters. The van der Waals surface area contributed by atoms with E-state index in [-0.39, 0.29) is 6.10 Å². The van der Waals surface area contributed by atoms with E-state index < -0.39 is 0 Å². The van der Waals surface area contributed by atoms with E-state index in [1.54, 1.807) is 7.11 Å². The first-order valence-electron chi connectivity index (χ1n) is 6.12. The monoisotopic (exact) mass is 256 g/mol. The topological polar surface area (TPSA) is 54.4 Å². The molecule has 2 rings (SSSR count). The number of thiazole rings is 1. The SMILES string of the molecule is COCC(O)CCNCc1cnc(C2CC2)s1. The van der Waals surface area contributed by atoms with Crippen LogP contribution in [-0.4, -0.2) is 36.5 Å². The van der Waals surface area contributed by atoms with Crippen molar-refractivity contribution < 1.29 is 9.84 Å². The molecule has 0 bridgehead atoms. The number of hydrogen-bond acceptors (Lipinski definition) is 5. The summed E-state index contributed by atoms with van der Waals surface area (Å²) in [6.07, 6.45) is 4.95. The van der Waals surface area contributed by atoms with E-state index >= 15 is 0 Å². The second-order valence-corrected chi connectivity index (χ2v) is 5.66. The van der Waals surface area contributed by atoms with Gasteiger partial charge in [-0.1, -0.05) is 0 Å². The molecule has 17 heavy (non-hydrogen) atoms. The van der Waals surface area contributed by atoms with Crippen LogP contribution in [-0.2, 0) is 11.3 Å². The van der Waals surface area contributed by atoms with Gasteiger partial charge in [-0.15, -0.1) is 11.3 Å². The van der Waals surface area contributed by atoms with Crippen molar-refractivity contribution in [1.29, 1.82) is 0 Å². The minimum Gasteiger partial charge on any atom is -0.391 e. The summed E-state index contributed by atoms with van der Waals surface area (Å²) in [7, 11) is 1.60. The van der Waals surface area contributed by atoms with Gasteiger partial charge in [0.15, 0.2) is 0 Å². The van der Waals surface area contributed by atoms with Crippen LogP contribution in [0.15, 0.2) is 6.20 Å². The molecule has 1 saturated carbocycles. The van der Waals surface area contributed by atoms with E-state index in [1.807, 2.05) is 17.5 Å². The molecule has 1 unspecified atom stereocenters. The van der Waals surface area contributed by atoms with Gasteiger partial charge in [0.05, 0.1) is 17.7 Å². The van der Waals surface area contributed by atoms with Crippen molar-refractivity contribution in [2.24, 2.45) is 0 Å². The summed E-state index contributed by atoms with van der Waals surface area (Å²) in [5.74, 6) is 0.747. The highest BCUT2D eigenvalue weighted by Crippen LogP contribution is 2.41. The Morgan fingerprint density at radius 1 is 1.65 bits per heavy atom. The molecule has 96 valence electrons. The number of methoxy groups -OCH3 is 1. The predicted octanol–water partition coefficient (Wildman–Crippen LogP) is 1.51. The lowest BCUT2D eigenvalue weighted by Gasteiger charge is -2.09. The van der Waals surface area contributed by atoms with Gasteiger partial charge in [0, 0.05) is 30.6 Å². The highest BCUT2D eigenvalue weighted by atomic mass is 32.1. The Bertz CT molecular complexity index is 339. The van der Waals surface area contributed by atoms with Crippen molar-refractivity contribution >= 4 is 11.3 Å². The minimum atomic E-state index is -0.365. The molecule has 4 nitrogen and oxygen atoms in total. The molecule has 0 saturated heterocycles. The molecule has 0 amide bonds. The number of aromatic nitrogens is 1. The summed E-state index contributed by atoms with van der Waals surface area (Å²) in [4.78, 5) is 5.72. The predicted molar refractivity (Wildman–Crippen MR) is 68.3 cm³/mol. The standard InChI is InChI=1S/C12H20N2O2S/c1-16-8-10(15)4-5-13-6-11-7-14-12(17-11)9-2-3-9/h7,9-10,13,15H,2-6,8H2,1H3. The van der Waals surface area contributed by atoms with Crippen LogP contribution in [0, 0.1) is 0 Å². The van der Waals surface area contributed by atoms with Crippen LogP contribution >= 0.6 is 11.3 Å². The number of aliphatic hydroxyl groups is 1. The Kier molecular flexibility index (Phi) is 4.91. The maximum atomic E-state index is 9.46. The first-order chi connectivity index (χ1) is 8.29. The van der Waals surface area contributed by atoms with Crippen LogP contribution < -0.4 is 5.32 Å². The third-order valence-electron chi connectivity index (χ3n) is 2.81. The molecule has 2 N–H and O–H groups in total. The second-order valence-electron chi connectivity index (χ2n) is 4.51. The van der Waals surface area contributed by atoms with Crippen molar-refractivity contribution in [1.82, 2.24) is 10.3 Å². The summed E-state index contributed by atoms with van der Waals surface area (Å²) < 4.78 is 4.87. The quantitative estimate of drug-likeness (QED) is 0.692. The van der Waals surface area contributed by atoms with Crippen LogP contribution in [0.2, 0.25) is 0 Å². The van der Waals surface area contributed by atoms with Crippen molar-refractivity contribution in [3.8, 4) is 0 Å². The van der Waals surface area contributed by atoms with Crippen molar-refractivity contribution in [3.05, 3.63) is 16.1 Å². The van der Waals surface area contributed by atoms with Crippen LogP contribution in [0.1, 0.15) is 35.1 Å². The molecule has 0 radical (unpaired) electrons. The highest BCUT2D eigenvalue weighted by Gasteiger charge is 2.26. The molecule has 0 aliphatic heterocycles. The van der Waals surface area contributed by atoms with Gasteiger partial charge < -0.3 is 15.2 Å². The van der Waals surface area contributed by atoms with E-state index in [4.69, 9.17) is 4.74 Å². The van der Waals surface area contributed by atoms with Gasteiger partial charge in [0.1, 0.15) is 0 Å². The molecule has 1 aliphatic rings. The molecule has 1 aromatic rings. The van der Waals surface area contributed by atoms with E-state index in [9.17, 15) is 5.11 Å². The van der Waals surface area contributed by atoms with Gasteiger partial charge in [-0.25, -0.2) is 4.98 Å². The fourth-order valence-electron chi connectivity index (χ4n) is 1.68. The van der Waals surface area contributed by atoms with Crippen LogP contribution in [0.4, 0.5) is 0 Å². The third kappa shape index (κ3) is 4.35. The normalized spacial score (nSPS) is 17.3. The number of nitrogens with one attached hydrogen (secondary N) is 1. The zero-order chi connectivity index (χ0) is 12.1. The minimum absolute atomic E-state index is 0.365. The summed E-state index contributed by atoms with van der Waals surface area (Å²) >= 11 is 1.81. The Morgan fingerprint density at radius 2 is 2.47 bits per heavy atom. The summed E-state index contributed by atoms with van der Waals surface area (Å²) in [5, 5.41) is 14.1. The van der Waals surface area contributed by atoms with Gasteiger partial charge >= 0.3 is 0 Å². The molecular formula is C12H20N2O2S. The van der Waals surface area contributed by atoms with E-state index in [1.165, 1.54) is 22.7 Å². The number of rotatable bonds is 8. The Balaban J connectivity index is 1.60. The number of aliphatic hydroxyl groups excluding tert-OH is 1. The molecule has 5 heteroatoms. The van der Waals surface area contributed by atoms with E-state index in [0.29, 0.717) is 6.61 Å². The fourth-order valence-corrected chi connectivity index (χ4v) is 2.74. The molecule has 1 fully saturated rings. The second kappa shape index (κ2) is 6.44. The van der Waals surface area contributed by atoms with Crippen LogP contribution in [0.25, 0.3) is 0 Å². The van der Waals surface area contributed by atoms with Crippen LogP contribution in [0.3, 0.4) is 0 Å². The number of hydrogen-bond donors (Lipinski definition) is 2. The van der Waals surface area contributed by atoms with Gasteiger partial charge in [0.25, 0.3) is 0 Å². The number of ether oxygens (including phenoxy) is 1. The smallest absolute Gasteiger partial charge is 0.0959 e. The van der Waals surface area contributed by atoms with E-state index in [0.717, 1.165) is 25.4 Å². The van der Waals surface area contributed by atoms with Crippen molar-refractivity contribution in [3.63, 3.8) is 0 Å². The molecule has 0 spiro atoms. The molecular weight excluding hydrogens is 236 g/mol. The Morgan fingerprint density at radius 3 is 3.18 bits per heavy atom. The first-order valence-corrected chi connectivity index (χ1v) is 6.93. The highest BCUT2D eigenvalue weighted by molar-refractivity contribution is 7.11. The molecule has 1 heterocycles. The van der Waals surface area contributed by atoms with Crippen molar-refractivity contribution in [2.45, 2.75) is 37.8 Å². The maximum absolute atomic E-state index is 9.46. The first kappa shape index (κ1) is 13.0. The lowest BCUT2D eigenvalue weighted by atomic mass is 10.2. The average molecular weight is 256 g/mol. The molecule has 0 aromatic carbocycles. The lowest BCUT2D eigenvalue weighted by Crippen LogP contribution is -2.22. The number of nitrogens with zero attached hydrogens (tertiary/aromatic N) is 1. The molecule has 1 aromatic heterocycles. The van der Waals surface area contributed by atoms with Gasteiger partial charge in [0.2, 0.25) is 0 Å². The van der Waals surface area contributed by atoms with Gasteiger partial charge in [-0.2, -0.15) is 0 Å². The Labute approximate surface area is 106 Å². The summed E-state index contributed by atoms with van der Waals surface area (Å²) in [6.45, 7) is 2.07.